The molecule has 0 spiro atoms. The molecule has 6 nitrogen and oxygen atoms in total. The second-order valence-corrected chi connectivity index (χ2v) is 9.39. The van der Waals surface area contributed by atoms with Gasteiger partial charge in [-0.3, -0.25) is 9.59 Å². The molecule has 29 heavy (non-hydrogen) atoms. The number of esters is 1. The number of carboxylic acid groups (broad SMARTS) is 1. The van der Waals surface area contributed by atoms with E-state index in [2.05, 4.69) is 17.4 Å². The molecule has 2 fully saturated rings. The van der Waals surface area contributed by atoms with Crippen LogP contribution in [0, 0.1) is 11.3 Å². The molecule has 1 saturated carbocycles. The van der Waals surface area contributed by atoms with Crippen LogP contribution in [-0.4, -0.2) is 36.9 Å². The molecule has 1 heterocycles. The lowest BCUT2D eigenvalue weighted by Gasteiger charge is -2.56. The quantitative estimate of drug-likeness (QED) is 0.455. The molecule has 3 aliphatic rings. The zero-order valence-electron chi connectivity index (χ0n) is 17.7. The molecule has 0 aromatic heterocycles. The van der Waals surface area contributed by atoms with Gasteiger partial charge in [-0.05, 0) is 82.2 Å². The second kappa shape index (κ2) is 8.74. The summed E-state index contributed by atoms with van der Waals surface area (Å²) in [5, 5.41) is 10.7. The van der Waals surface area contributed by atoms with Gasteiger partial charge in [-0.1, -0.05) is 18.9 Å². The average molecular weight is 404 g/mol. The van der Waals surface area contributed by atoms with E-state index in [0.717, 1.165) is 24.6 Å². The molecule has 160 valence electrons. The molecule has 2 N–H and O–H groups in total. The summed E-state index contributed by atoms with van der Waals surface area (Å²) < 4.78 is 11.1. The highest BCUT2D eigenvalue weighted by Gasteiger charge is 2.51. The van der Waals surface area contributed by atoms with E-state index in [1.807, 2.05) is 26.8 Å². The van der Waals surface area contributed by atoms with Crippen LogP contribution in [0.3, 0.4) is 0 Å². The van der Waals surface area contributed by atoms with Gasteiger partial charge in [-0.15, -0.1) is 0 Å². The topological polar surface area (TPSA) is 84.9 Å². The van der Waals surface area contributed by atoms with Gasteiger partial charge in [0.25, 0.3) is 6.47 Å². The minimum atomic E-state index is -0.502. The fourth-order valence-electron chi connectivity index (χ4n) is 5.36. The van der Waals surface area contributed by atoms with Gasteiger partial charge in [0.1, 0.15) is 5.75 Å². The van der Waals surface area contributed by atoms with Crippen LogP contribution < -0.4 is 10.1 Å². The van der Waals surface area contributed by atoms with Crippen LogP contribution in [0.2, 0.25) is 0 Å². The van der Waals surface area contributed by atoms with Crippen molar-refractivity contribution in [1.29, 1.82) is 0 Å². The third-order valence-electron chi connectivity index (χ3n) is 6.65. The monoisotopic (exact) mass is 403 g/mol. The summed E-state index contributed by atoms with van der Waals surface area (Å²) in [5.41, 5.74) is 2.79. The van der Waals surface area contributed by atoms with Crippen LogP contribution >= 0.6 is 0 Å². The first kappa shape index (κ1) is 21.6. The maximum Gasteiger partial charge on any atom is 0.314 e. The van der Waals surface area contributed by atoms with Gasteiger partial charge in [0.2, 0.25) is 6.79 Å². The average Bonchev–Trinajstić information content (AvgIpc) is 2.68. The first-order valence-electron chi connectivity index (χ1n) is 10.6. The number of piperidine rings is 1. The molecule has 3 atom stereocenters. The summed E-state index contributed by atoms with van der Waals surface area (Å²) >= 11 is 0. The van der Waals surface area contributed by atoms with E-state index >= 15 is 0 Å². The molecule has 0 unspecified atom stereocenters. The van der Waals surface area contributed by atoms with Gasteiger partial charge in [0, 0.05) is 11.5 Å². The molecule has 0 amide bonds. The first-order valence-corrected chi connectivity index (χ1v) is 10.6. The lowest BCUT2D eigenvalue weighted by atomic mass is 9.53. The largest absolute Gasteiger partial charge is 0.483 e. The number of benzene rings is 1. The van der Waals surface area contributed by atoms with Crippen molar-refractivity contribution in [2.45, 2.75) is 70.8 Å². The number of hydrogen-bond donors (Lipinski definition) is 2. The molecule has 6 heteroatoms. The fraction of sp³-hybridized carbons (Fsp3) is 0.652. The van der Waals surface area contributed by atoms with E-state index in [-0.39, 0.29) is 19.2 Å². The van der Waals surface area contributed by atoms with Crippen LogP contribution in [0.15, 0.2) is 18.2 Å². The van der Waals surface area contributed by atoms with Gasteiger partial charge in [0.15, 0.2) is 0 Å². The van der Waals surface area contributed by atoms with Crippen molar-refractivity contribution in [2.24, 2.45) is 11.3 Å². The zero-order valence-corrected chi connectivity index (χ0v) is 17.7. The number of fused-ring (bicyclic) bond motifs is 1. The SMILES string of the molecule is CC(C)(C)C(=O)OCOc1ccc2c(c1)[C@@]13CCCC[C@H]1[C@@H](C2)NCC3.O=CO. The van der Waals surface area contributed by atoms with E-state index < -0.39 is 5.41 Å². The predicted octanol–water partition coefficient (Wildman–Crippen LogP) is 3.66. The van der Waals surface area contributed by atoms with Crippen LogP contribution in [0.1, 0.15) is 64.0 Å². The van der Waals surface area contributed by atoms with Crippen molar-refractivity contribution < 1.29 is 24.2 Å². The van der Waals surface area contributed by atoms with Crippen LogP contribution in [0.25, 0.3) is 0 Å². The Morgan fingerprint density at radius 3 is 2.79 bits per heavy atom. The standard InChI is InChI=1S/C22H31NO3.CH2O2/c1-21(2,3)20(24)26-14-25-16-8-7-15-12-19-17-6-4-5-9-22(17,10-11-23-19)18(15)13-16;2-1-3/h7-8,13,17,19,23H,4-6,9-12,14H2,1-3H3;1H,(H,2,3)/t17-,19+,22+;/m0./s1. The number of rotatable bonds is 3. The van der Waals surface area contributed by atoms with E-state index in [9.17, 15) is 4.79 Å². The Hall–Kier alpha value is -2.08. The fourth-order valence-corrected chi connectivity index (χ4v) is 5.36. The minimum absolute atomic E-state index is 0.0184. The summed E-state index contributed by atoms with van der Waals surface area (Å²) in [7, 11) is 0. The highest BCUT2D eigenvalue weighted by molar-refractivity contribution is 5.75. The summed E-state index contributed by atoms with van der Waals surface area (Å²) in [5.74, 6) is 1.34. The number of carbonyl (C=O) groups excluding carboxylic acids is 1. The molecule has 4 rings (SSSR count). The van der Waals surface area contributed by atoms with Crippen molar-refractivity contribution in [2.75, 3.05) is 13.3 Å². The highest BCUT2D eigenvalue weighted by Crippen LogP contribution is 2.54. The van der Waals surface area contributed by atoms with Gasteiger partial charge in [-0.25, -0.2) is 0 Å². The van der Waals surface area contributed by atoms with Crippen molar-refractivity contribution >= 4 is 12.4 Å². The molecule has 1 aliphatic heterocycles. The summed E-state index contributed by atoms with van der Waals surface area (Å²) in [6.45, 7) is 6.41. The second-order valence-electron chi connectivity index (χ2n) is 9.39. The first-order chi connectivity index (χ1) is 13.8. The Morgan fingerprint density at radius 2 is 2.07 bits per heavy atom. The number of carbonyl (C=O) groups is 2. The van der Waals surface area contributed by atoms with Crippen molar-refractivity contribution in [3.63, 3.8) is 0 Å². The molecule has 2 bridgehead atoms. The van der Waals surface area contributed by atoms with Crippen LogP contribution in [0.4, 0.5) is 0 Å². The Bertz CT molecular complexity index is 737. The number of hydrogen-bond acceptors (Lipinski definition) is 5. The van der Waals surface area contributed by atoms with Crippen molar-refractivity contribution in [3.05, 3.63) is 29.3 Å². The Labute approximate surface area is 173 Å². The number of nitrogens with one attached hydrogen (secondary N) is 1. The Balaban J connectivity index is 0.000000755. The lowest BCUT2D eigenvalue weighted by molar-refractivity contribution is -0.159. The normalized spacial score (nSPS) is 27.4. The van der Waals surface area contributed by atoms with Crippen LogP contribution in [-0.2, 0) is 26.2 Å². The maximum atomic E-state index is 11.9. The zero-order chi connectivity index (χ0) is 21.1. The highest BCUT2D eigenvalue weighted by atomic mass is 16.7. The molecule has 2 aliphatic carbocycles. The van der Waals surface area contributed by atoms with Crippen molar-refractivity contribution in [1.82, 2.24) is 5.32 Å². The maximum absolute atomic E-state index is 11.9. The van der Waals surface area contributed by atoms with E-state index in [4.69, 9.17) is 19.4 Å². The predicted molar refractivity (Wildman–Crippen MR) is 110 cm³/mol. The third kappa shape index (κ3) is 4.42. The summed E-state index contributed by atoms with van der Waals surface area (Å²) in [6, 6.07) is 7.12. The van der Waals surface area contributed by atoms with Gasteiger partial charge in [-0.2, -0.15) is 0 Å². The van der Waals surface area contributed by atoms with Gasteiger partial charge < -0.3 is 19.9 Å². The summed E-state index contributed by atoms with van der Waals surface area (Å²) in [6.07, 6.45) is 7.68. The molecule has 0 radical (unpaired) electrons. The molecule has 1 aromatic carbocycles. The van der Waals surface area contributed by atoms with E-state index in [1.54, 1.807) is 0 Å². The Kier molecular flexibility index (Phi) is 6.52. The molecule has 1 saturated heterocycles. The number of ether oxygens (including phenoxy) is 2. The van der Waals surface area contributed by atoms with E-state index in [0.29, 0.717) is 11.5 Å². The third-order valence-corrected chi connectivity index (χ3v) is 6.65. The van der Waals surface area contributed by atoms with Crippen LogP contribution in [0.5, 0.6) is 5.75 Å². The lowest BCUT2D eigenvalue weighted by Crippen LogP contribution is -2.59. The minimum Gasteiger partial charge on any atom is -0.483 e. The molecular weight excluding hydrogens is 370 g/mol. The molecule has 1 aromatic rings. The Morgan fingerprint density at radius 1 is 1.31 bits per heavy atom. The summed E-state index contributed by atoms with van der Waals surface area (Å²) in [4.78, 5) is 20.3. The van der Waals surface area contributed by atoms with E-state index in [1.165, 1.54) is 43.2 Å². The molecular formula is C23H33NO5. The van der Waals surface area contributed by atoms with Gasteiger partial charge >= 0.3 is 5.97 Å². The van der Waals surface area contributed by atoms with Crippen molar-refractivity contribution in [3.8, 4) is 5.75 Å². The van der Waals surface area contributed by atoms with Gasteiger partial charge in [0.05, 0.1) is 5.41 Å². The smallest absolute Gasteiger partial charge is 0.314 e.